The average molecular weight is 279 g/mol. The quantitative estimate of drug-likeness (QED) is 0.395. The second kappa shape index (κ2) is 8.55. The summed E-state index contributed by atoms with van der Waals surface area (Å²) in [5, 5.41) is 0. The Morgan fingerprint density at radius 2 is 1.24 bits per heavy atom. The van der Waals surface area contributed by atoms with Crippen molar-refractivity contribution in [3.8, 4) is 0 Å². The molecule has 0 spiro atoms. The van der Waals surface area contributed by atoms with Gasteiger partial charge in [0.1, 0.15) is 0 Å². The molecule has 0 bridgehead atoms. The van der Waals surface area contributed by atoms with E-state index < -0.39 is 8.32 Å². The third kappa shape index (κ3) is 3.97. The molecule has 0 aliphatic heterocycles. The first-order valence-electron chi connectivity index (χ1n) is 7.20. The molecule has 0 fully saturated rings. The summed E-state index contributed by atoms with van der Waals surface area (Å²) in [6, 6.07) is 0. The molecule has 0 aromatic heterocycles. The molecule has 0 saturated heterocycles. The fourth-order valence-corrected chi connectivity index (χ4v) is 9.40. The van der Waals surface area contributed by atoms with Gasteiger partial charge >= 0.3 is 0 Å². The van der Waals surface area contributed by atoms with E-state index >= 15 is 0 Å². The van der Waals surface area contributed by atoms with Crippen molar-refractivity contribution < 1.29 is 4.43 Å². The van der Waals surface area contributed by atoms with E-state index in [4.69, 9.17) is 16.0 Å². The van der Waals surface area contributed by atoms with E-state index in [1.807, 2.05) is 0 Å². The lowest BCUT2D eigenvalue weighted by Gasteiger charge is -2.45. The normalized spacial score (nSPS) is 20.6. The minimum absolute atomic E-state index is 0.623. The number of alkyl halides is 1. The molecule has 104 valence electrons. The van der Waals surface area contributed by atoms with Crippen molar-refractivity contribution in [2.75, 3.05) is 12.5 Å². The Morgan fingerprint density at radius 3 is 1.47 bits per heavy atom. The second-order valence-electron chi connectivity index (χ2n) is 5.32. The van der Waals surface area contributed by atoms with Crippen molar-refractivity contribution >= 4 is 19.9 Å². The smallest absolute Gasteiger partial charge is 0.201 e. The zero-order valence-corrected chi connectivity index (χ0v) is 14.3. The monoisotopic (exact) mass is 278 g/mol. The Kier molecular flexibility index (Phi) is 8.78. The lowest BCUT2D eigenvalue weighted by molar-refractivity contribution is 0.289. The van der Waals surface area contributed by atoms with Crippen LogP contribution in [0.25, 0.3) is 0 Å². The molecule has 1 nitrogen and oxygen atoms in total. The van der Waals surface area contributed by atoms with Gasteiger partial charge in [0, 0.05) is 12.5 Å². The molecule has 17 heavy (non-hydrogen) atoms. The van der Waals surface area contributed by atoms with Crippen molar-refractivity contribution in [1.29, 1.82) is 0 Å². The van der Waals surface area contributed by atoms with Crippen LogP contribution in [-0.2, 0) is 4.43 Å². The summed E-state index contributed by atoms with van der Waals surface area (Å²) in [5.41, 5.74) is 2.15. The van der Waals surface area contributed by atoms with Gasteiger partial charge in [0.2, 0.25) is 8.32 Å². The molecule has 3 atom stereocenters. The Hall–Kier alpha value is 0.467. The molecule has 0 amide bonds. The maximum atomic E-state index is 6.44. The Morgan fingerprint density at radius 1 is 0.882 bits per heavy atom. The first-order chi connectivity index (χ1) is 8.00. The highest BCUT2D eigenvalue weighted by Gasteiger charge is 2.48. The van der Waals surface area contributed by atoms with Gasteiger partial charge in [-0.15, -0.1) is 11.6 Å². The predicted octanol–water partition coefficient (Wildman–Crippen LogP) is 5.59. The second-order valence-corrected chi connectivity index (χ2v) is 10.6. The Bertz CT molecular complexity index is 172. The Labute approximate surface area is 114 Å². The zero-order chi connectivity index (χ0) is 13.5. The molecular weight excluding hydrogens is 248 g/mol. The summed E-state index contributed by atoms with van der Waals surface area (Å²) >= 11 is 5.85. The highest BCUT2D eigenvalue weighted by atomic mass is 35.5. The van der Waals surface area contributed by atoms with Gasteiger partial charge in [-0.2, -0.15) is 0 Å². The van der Waals surface area contributed by atoms with Crippen LogP contribution in [0.5, 0.6) is 0 Å². The first kappa shape index (κ1) is 17.5. The number of halogens is 1. The van der Waals surface area contributed by atoms with Gasteiger partial charge in [-0.25, -0.2) is 0 Å². The van der Waals surface area contributed by atoms with Crippen LogP contribution >= 0.6 is 11.6 Å². The van der Waals surface area contributed by atoms with Gasteiger partial charge < -0.3 is 4.43 Å². The summed E-state index contributed by atoms with van der Waals surface area (Å²) < 4.78 is 6.44. The van der Waals surface area contributed by atoms with E-state index in [1.165, 1.54) is 19.3 Å². The molecule has 0 saturated carbocycles. The fourth-order valence-electron chi connectivity index (χ4n) is 3.06. The standard InChI is InChI=1S/C14H31ClOSi/c1-7-12(4)17(13(5)8-2,14(6)9-3)16-11-10-15/h12-14H,7-11H2,1-6H3. The van der Waals surface area contributed by atoms with E-state index in [0.29, 0.717) is 5.88 Å². The molecular formula is C14H31ClOSi. The highest BCUT2D eigenvalue weighted by Crippen LogP contribution is 2.46. The molecule has 0 radical (unpaired) electrons. The molecule has 0 heterocycles. The van der Waals surface area contributed by atoms with Gasteiger partial charge in [-0.05, 0) is 16.6 Å². The molecule has 0 aromatic rings. The predicted molar refractivity (Wildman–Crippen MR) is 81.6 cm³/mol. The summed E-state index contributed by atoms with van der Waals surface area (Å²) in [4.78, 5) is 0. The molecule has 0 aromatic carbocycles. The van der Waals surface area contributed by atoms with Crippen molar-refractivity contribution in [3.05, 3.63) is 0 Å². The van der Waals surface area contributed by atoms with Crippen molar-refractivity contribution in [2.24, 2.45) is 0 Å². The summed E-state index contributed by atoms with van der Waals surface area (Å²) in [6.07, 6.45) is 3.68. The van der Waals surface area contributed by atoms with E-state index in [9.17, 15) is 0 Å². The van der Waals surface area contributed by atoms with Gasteiger partial charge in [-0.3, -0.25) is 0 Å². The average Bonchev–Trinajstić information content (AvgIpc) is 2.37. The molecule has 3 heteroatoms. The van der Waals surface area contributed by atoms with Crippen LogP contribution in [0.3, 0.4) is 0 Å². The van der Waals surface area contributed by atoms with Crippen LogP contribution in [0, 0.1) is 0 Å². The number of hydrogen-bond donors (Lipinski definition) is 0. The lowest BCUT2D eigenvalue weighted by Crippen LogP contribution is -2.50. The topological polar surface area (TPSA) is 9.23 Å². The van der Waals surface area contributed by atoms with Crippen molar-refractivity contribution in [1.82, 2.24) is 0 Å². The highest BCUT2D eigenvalue weighted by molar-refractivity contribution is 6.77. The van der Waals surface area contributed by atoms with Crippen LogP contribution in [0.2, 0.25) is 16.6 Å². The van der Waals surface area contributed by atoms with E-state index in [0.717, 1.165) is 23.2 Å². The number of hydrogen-bond acceptors (Lipinski definition) is 1. The number of rotatable bonds is 9. The van der Waals surface area contributed by atoms with Gasteiger partial charge in [-0.1, -0.05) is 60.8 Å². The van der Waals surface area contributed by atoms with Gasteiger partial charge in [0.25, 0.3) is 0 Å². The maximum Gasteiger partial charge on any atom is 0.201 e. The molecule has 0 rings (SSSR count). The van der Waals surface area contributed by atoms with Crippen LogP contribution in [0.1, 0.15) is 60.8 Å². The van der Waals surface area contributed by atoms with E-state index in [-0.39, 0.29) is 0 Å². The van der Waals surface area contributed by atoms with Crippen LogP contribution in [0.15, 0.2) is 0 Å². The maximum absolute atomic E-state index is 6.44. The third-order valence-corrected chi connectivity index (χ3v) is 11.3. The summed E-state index contributed by atoms with van der Waals surface area (Å²) in [6.45, 7) is 14.8. The van der Waals surface area contributed by atoms with E-state index in [1.54, 1.807) is 0 Å². The minimum Gasteiger partial charge on any atom is -0.415 e. The minimum atomic E-state index is -1.71. The SMILES string of the molecule is CCC(C)[Si](OCCCl)(C(C)CC)C(C)CC. The first-order valence-corrected chi connectivity index (χ1v) is 9.88. The fraction of sp³-hybridized carbons (Fsp3) is 1.00. The van der Waals surface area contributed by atoms with E-state index in [2.05, 4.69) is 41.5 Å². The Balaban J connectivity index is 5.19. The van der Waals surface area contributed by atoms with Gasteiger partial charge in [0.05, 0.1) is 0 Å². The lowest BCUT2D eigenvalue weighted by atomic mass is 10.3. The third-order valence-electron chi connectivity index (χ3n) is 4.58. The van der Waals surface area contributed by atoms with Crippen molar-refractivity contribution in [3.63, 3.8) is 0 Å². The molecule has 0 N–H and O–H groups in total. The largest absolute Gasteiger partial charge is 0.415 e. The summed E-state index contributed by atoms with van der Waals surface area (Å²) in [7, 11) is -1.71. The summed E-state index contributed by atoms with van der Waals surface area (Å²) in [5.74, 6) is 0.623. The van der Waals surface area contributed by atoms with Crippen molar-refractivity contribution in [2.45, 2.75) is 77.4 Å². The van der Waals surface area contributed by atoms with Crippen LogP contribution in [-0.4, -0.2) is 20.8 Å². The molecule has 0 aliphatic carbocycles. The van der Waals surface area contributed by atoms with Crippen LogP contribution in [0.4, 0.5) is 0 Å². The van der Waals surface area contributed by atoms with Crippen LogP contribution < -0.4 is 0 Å². The van der Waals surface area contributed by atoms with Gasteiger partial charge in [0.15, 0.2) is 0 Å². The zero-order valence-electron chi connectivity index (χ0n) is 12.6. The molecule has 0 aliphatic rings. The molecule has 3 unspecified atom stereocenters.